The maximum absolute atomic E-state index is 12.5. The molecule has 0 aliphatic carbocycles. The molecule has 7 heteroatoms. The number of likely N-dealkylation sites (tertiary alicyclic amines) is 1. The van der Waals surface area contributed by atoms with E-state index in [1.54, 1.807) is 4.68 Å². The monoisotopic (exact) mass is 345 g/mol. The van der Waals surface area contributed by atoms with Crippen LogP contribution in [0.2, 0.25) is 0 Å². The predicted octanol–water partition coefficient (Wildman–Crippen LogP) is 1.37. The molecule has 3 heterocycles. The van der Waals surface area contributed by atoms with Crippen molar-refractivity contribution >= 4 is 16.9 Å². The van der Waals surface area contributed by atoms with Crippen molar-refractivity contribution in [1.29, 1.82) is 0 Å². The van der Waals surface area contributed by atoms with Crippen molar-refractivity contribution in [3.63, 3.8) is 0 Å². The van der Waals surface area contributed by atoms with E-state index in [4.69, 9.17) is 4.74 Å². The highest BCUT2D eigenvalue weighted by Gasteiger charge is 2.33. The van der Waals surface area contributed by atoms with Crippen LogP contribution in [0.5, 0.6) is 5.88 Å². The smallest absolute Gasteiger partial charge is 0.260 e. The van der Waals surface area contributed by atoms with E-state index in [1.165, 1.54) is 0 Å². The van der Waals surface area contributed by atoms with Crippen molar-refractivity contribution in [2.45, 2.75) is 26.8 Å². The summed E-state index contributed by atoms with van der Waals surface area (Å²) in [5, 5.41) is 5.28. The first-order chi connectivity index (χ1) is 11.8. The van der Waals surface area contributed by atoms with Crippen molar-refractivity contribution < 1.29 is 9.53 Å². The van der Waals surface area contributed by atoms with Gasteiger partial charge in [-0.1, -0.05) is 6.92 Å². The number of fused-ring (bicyclic) bond motifs is 1. The Balaban J connectivity index is 1.72. The molecule has 25 heavy (non-hydrogen) atoms. The number of nitrogens with zero attached hydrogens (tertiary/aromatic N) is 5. The van der Waals surface area contributed by atoms with Gasteiger partial charge in [0.15, 0.2) is 12.3 Å². The molecule has 3 rings (SSSR count). The van der Waals surface area contributed by atoms with Crippen LogP contribution >= 0.6 is 0 Å². The first-order valence-electron chi connectivity index (χ1n) is 8.66. The lowest BCUT2D eigenvalue weighted by atomic mass is 10.1. The zero-order chi connectivity index (χ0) is 18.3. The number of ether oxygens (including phenoxy) is 1. The molecule has 2 aromatic rings. The molecular weight excluding hydrogens is 318 g/mol. The van der Waals surface area contributed by atoms with Crippen molar-refractivity contribution in [3.05, 3.63) is 17.3 Å². The van der Waals surface area contributed by atoms with E-state index in [0.29, 0.717) is 17.8 Å². The lowest BCUT2D eigenvalue weighted by Gasteiger charge is -2.22. The molecule has 0 saturated carbocycles. The van der Waals surface area contributed by atoms with Crippen LogP contribution in [-0.4, -0.2) is 70.3 Å². The van der Waals surface area contributed by atoms with Crippen molar-refractivity contribution in [3.8, 4) is 5.88 Å². The van der Waals surface area contributed by atoms with Gasteiger partial charge in [-0.3, -0.25) is 4.79 Å². The van der Waals surface area contributed by atoms with Gasteiger partial charge >= 0.3 is 0 Å². The number of likely N-dealkylation sites (N-methyl/N-ethyl adjacent to an activating group) is 1. The Kier molecular flexibility index (Phi) is 4.69. The fraction of sp³-hybridized carbons (Fsp3) is 0.611. The topological polar surface area (TPSA) is 63.5 Å². The molecule has 1 fully saturated rings. The highest BCUT2D eigenvalue weighted by Crippen LogP contribution is 2.27. The van der Waals surface area contributed by atoms with E-state index in [9.17, 15) is 4.79 Å². The van der Waals surface area contributed by atoms with Gasteiger partial charge in [-0.2, -0.15) is 0 Å². The molecule has 1 amide bonds. The van der Waals surface area contributed by atoms with Crippen LogP contribution in [0.3, 0.4) is 0 Å². The molecule has 7 nitrogen and oxygen atoms in total. The number of amides is 1. The van der Waals surface area contributed by atoms with E-state index in [2.05, 4.69) is 36.0 Å². The predicted molar refractivity (Wildman–Crippen MR) is 96.7 cm³/mol. The Morgan fingerprint density at radius 2 is 2.08 bits per heavy atom. The highest BCUT2D eigenvalue weighted by atomic mass is 16.5. The Labute approximate surface area is 148 Å². The number of hydrogen-bond donors (Lipinski definition) is 0. The van der Waals surface area contributed by atoms with Crippen LogP contribution in [0.4, 0.5) is 0 Å². The maximum Gasteiger partial charge on any atom is 0.260 e. The number of rotatable bonds is 4. The quantitative estimate of drug-likeness (QED) is 0.837. The van der Waals surface area contributed by atoms with Crippen molar-refractivity contribution in [1.82, 2.24) is 24.6 Å². The summed E-state index contributed by atoms with van der Waals surface area (Å²) in [7, 11) is 5.96. The third-order valence-corrected chi connectivity index (χ3v) is 5.01. The SMILES string of the molecule is Cc1cc(C)c2c(OCC(=O)N3C[C@H](C)[C@@H](N(C)C)C3)nn(C)c2n1. The molecular formula is C18H27N5O2. The van der Waals surface area contributed by atoms with Gasteiger partial charge in [-0.05, 0) is 45.5 Å². The second-order valence-corrected chi connectivity index (χ2v) is 7.30. The molecule has 1 saturated heterocycles. The number of pyridine rings is 1. The summed E-state index contributed by atoms with van der Waals surface area (Å²) in [5.41, 5.74) is 2.78. The summed E-state index contributed by atoms with van der Waals surface area (Å²) >= 11 is 0. The molecule has 0 aromatic carbocycles. The lowest BCUT2D eigenvalue weighted by Crippen LogP contribution is -2.37. The standard InChI is InChI=1S/C18H27N5O2/c1-11-7-13(3)19-17-16(11)18(20-22(17)6)25-10-15(24)23-8-12(2)14(9-23)21(4)5/h7,12,14H,8-10H2,1-6H3/t12-,14-/m0/s1. The summed E-state index contributed by atoms with van der Waals surface area (Å²) in [4.78, 5) is 21.1. The summed E-state index contributed by atoms with van der Waals surface area (Å²) in [6.07, 6.45) is 0. The number of carbonyl (C=O) groups excluding carboxylic acids is 1. The largest absolute Gasteiger partial charge is 0.466 e. The van der Waals surface area contributed by atoms with Gasteiger partial charge in [-0.15, -0.1) is 5.10 Å². The Hall–Kier alpha value is -2.15. The maximum atomic E-state index is 12.5. The molecule has 0 spiro atoms. The average molecular weight is 345 g/mol. The number of carbonyl (C=O) groups is 1. The van der Waals surface area contributed by atoms with Crippen molar-refractivity contribution in [2.24, 2.45) is 13.0 Å². The first-order valence-corrected chi connectivity index (χ1v) is 8.66. The van der Waals surface area contributed by atoms with E-state index in [1.807, 2.05) is 31.9 Å². The Morgan fingerprint density at radius 1 is 1.36 bits per heavy atom. The molecule has 0 radical (unpaired) electrons. The minimum absolute atomic E-state index is 0.00625. The first kappa shape index (κ1) is 17.7. The summed E-state index contributed by atoms with van der Waals surface area (Å²) in [6, 6.07) is 2.40. The molecule has 0 bridgehead atoms. The van der Waals surface area contributed by atoms with Crippen LogP contribution in [0.1, 0.15) is 18.2 Å². The minimum atomic E-state index is 0.00625. The molecule has 2 atom stereocenters. The number of hydrogen-bond acceptors (Lipinski definition) is 5. The molecule has 1 aliphatic rings. The van der Waals surface area contributed by atoms with Crippen molar-refractivity contribution in [2.75, 3.05) is 33.8 Å². The van der Waals surface area contributed by atoms with E-state index in [-0.39, 0.29) is 12.5 Å². The molecule has 2 aromatic heterocycles. The third kappa shape index (κ3) is 3.33. The molecule has 0 N–H and O–H groups in total. The summed E-state index contributed by atoms with van der Waals surface area (Å²) in [6.45, 7) is 7.68. The fourth-order valence-corrected chi connectivity index (χ4v) is 3.70. The Bertz CT molecular complexity index is 798. The zero-order valence-corrected chi connectivity index (χ0v) is 15.9. The van der Waals surface area contributed by atoms with Gasteiger partial charge in [-0.25, -0.2) is 9.67 Å². The number of aromatic nitrogens is 3. The Morgan fingerprint density at radius 3 is 2.72 bits per heavy atom. The van der Waals surface area contributed by atoms with Crippen LogP contribution in [-0.2, 0) is 11.8 Å². The van der Waals surface area contributed by atoms with E-state index in [0.717, 1.165) is 35.4 Å². The highest BCUT2D eigenvalue weighted by molar-refractivity contribution is 5.85. The van der Waals surface area contributed by atoms with E-state index >= 15 is 0 Å². The average Bonchev–Trinajstić information content (AvgIpc) is 3.06. The van der Waals surface area contributed by atoms with Gasteiger partial charge < -0.3 is 14.5 Å². The van der Waals surface area contributed by atoms with Crippen LogP contribution < -0.4 is 4.74 Å². The van der Waals surface area contributed by atoms with E-state index < -0.39 is 0 Å². The molecule has 0 unspecified atom stereocenters. The van der Waals surface area contributed by atoms with Crippen LogP contribution in [0.15, 0.2) is 6.07 Å². The second kappa shape index (κ2) is 6.63. The van der Waals surface area contributed by atoms with Gasteiger partial charge in [0.25, 0.3) is 5.91 Å². The second-order valence-electron chi connectivity index (χ2n) is 7.30. The molecule has 136 valence electrons. The van der Waals surface area contributed by atoms with Gasteiger partial charge in [0.1, 0.15) is 0 Å². The third-order valence-electron chi connectivity index (χ3n) is 5.01. The number of aryl methyl sites for hydroxylation is 3. The summed E-state index contributed by atoms with van der Waals surface area (Å²) < 4.78 is 7.49. The van der Waals surface area contributed by atoms with Crippen LogP contribution in [0, 0.1) is 19.8 Å². The van der Waals surface area contributed by atoms with Gasteiger partial charge in [0.05, 0.1) is 5.39 Å². The lowest BCUT2D eigenvalue weighted by molar-refractivity contribution is -0.132. The molecule has 1 aliphatic heterocycles. The summed E-state index contributed by atoms with van der Waals surface area (Å²) in [5.74, 6) is 0.948. The van der Waals surface area contributed by atoms with Gasteiger partial charge in [0, 0.05) is 31.9 Å². The minimum Gasteiger partial charge on any atom is -0.466 e. The normalized spacial score (nSPS) is 20.7. The van der Waals surface area contributed by atoms with Gasteiger partial charge in [0.2, 0.25) is 5.88 Å². The fourth-order valence-electron chi connectivity index (χ4n) is 3.70. The van der Waals surface area contributed by atoms with Crippen LogP contribution in [0.25, 0.3) is 11.0 Å². The zero-order valence-electron chi connectivity index (χ0n) is 15.9.